The van der Waals surface area contributed by atoms with E-state index >= 15 is 0 Å². The van der Waals surface area contributed by atoms with Gasteiger partial charge in [-0.1, -0.05) is 6.07 Å². The first-order valence-electron chi connectivity index (χ1n) is 5.57. The molecule has 1 heterocycles. The third-order valence-corrected chi connectivity index (χ3v) is 4.36. The van der Waals surface area contributed by atoms with Crippen LogP contribution in [-0.2, 0) is 20.3 Å². The quantitative estimate of drug-likeness (QED) is 0.745. The third-order valence-electron chi connectivity index (χ3n) is 2.96. The van der Waals surface area contributed by atoms with E-state index in [0.717, 1.165) is 0 Å². The number of hydrogen-bond acceptors (Lipinski definition) is 3. The second-order valence-corrected chi connectivity index (χ2v) is 6.78. The Kier molecular flexibility index (Phi) is 3.72. The van der Waals surface area contributed by atoms with Crippen LogP contribution in [0.3, 0.4) is 0 Å². The Morgan fingerprint density at radius 1 is 1.30 bits per heavy atom. The van der Waals surface area contributed by atoms with Crippen molar-refractivity contribution in [1.29, 1.82) is 0 Å². The summed E-state index contributed by atoms with van der Waals surface area (Å²) in [7, 11) is 1.18. The highest BCUT2D eigenvalue weighted by atomic mass is 35.7. The summed E-state index contributed by atoms with van der Waals surface area (Å²) in [5.74, 6) is -2.01. The van der Waals surface area contributed by atoms with Crippen LogP contribution in [0, 0.1) is 0 Å². The molecule has 9 heteroatoms. The van der Waals surface area contributed by atoms with Crippen LogP contribution in [-0.4, -0.2) is 27.0 Å². The molecule has 20 heavy (non-hydrogen) atoms. The van der Waals surface area contributed by atoms with Gasteiger partial charge in [-0.15, -0.1) is 0 Å². The molecule has 0 radical (unpaired) electrons. The predicted octanol–water partition coefficient (Wildman–Crippen LogP) is 2.46. The van der Waals surface area contributed by atoms with Gasteiger partial charge in [0.25, 0.3) is 9.05 Å². The van der Waals surface area contributed by atoms with Gasteiger partial charge in [0.2, 0.25) is 0 Å². The Hall–Kier alpha value is -1.28. The summed E-state index contributed by atoms with van der Waals surface area (Å²) in [6.07, 6.45) is -4.53. The van der Waals surface area contributed by atoms with Crippen LogP contribution < -0.4 is 4.90 Å². The SMILES string of the molecule is O=C(N1CCCc2c1cccc2S(=O)(=O)Cl)C(F)(F)F. The maximum atomic E-state index is 12.5. The van der Waals surface area contributed by atoms with E-state index in [1.54, 1.807) is 0 Å². The largest absolute Gasteiger partial charge is 0.471 e. The average Bonchev–Trinajstić information content (AvgIpc) is 2.34. The number of hydrogen-bond donors (Lipinski definition) is 0. The number of carbonyl (C=O) groups excluding carboxylic acids is 1. The monoisotopic (exact) mass is 327 g/mol. The van der Waals surface area contributed by atoms with Crippen LogP contribution in [0.5, 0.6) is 0 Å². The molecule has 1 aromatic rings. The zero-order chi connectivity index (χ0) is 15.1. The van der Waals surface area contributed by atoms with Crippen molar-refractivity contribution in [3.8, 4) is 0 Å². The van der Waals surface area contributed by atoms with E-state index in [2.05, 4.69) is 0 Å². The Morgan fingerprint density at radius 2 is 1.95 bits per heavy atom. The second-order valence-electron chi connectivity index (χ2n) is 4.25. The zero-order valence-corrected chi connectivity index (χ0v) is 11.5. The van der Waals surface area contributed by atoms with Gasteiger partial charge in [0.1, 0.15) is 0 Å². The average molecular weight is 328 g/mol. The summed E-state index contributed by atoms with van der Waals surface area (Å²) in [4.78, 5) is 11.7. The highest BCUT2D eigenvalue weighted by Gasteiger charge is 2.44. The molecule has 0 bridgehead atoms. The molecule has 1 aromatic carbocycles. The lowest BCUT2D eigenvalue weighted by atomic mass is 10.0. The van der Waals surface area contributed by atoms with Gasteiger partial charge in [-0.2, -0.15) is 13.2 Å². The molecule has 0 aliphatic carbocycles. The number of fused-ring (bicyclic) bond motifs is 1. The van der Waals surface area contributed by atoms with E-state index in [4.69, 9.17) is 10.7 Å². The van der Waals surface area contributed by atoms with Crippen molar-refractivity contribution in [3.63, 3.8) is 0 Å². The summed E-state index contributed by atoms with van der Waals surface area (Å²) < 4.78 is 60.4. The molecular formula is C11H9ClF3NO3S. The predicted molar refractivity (Wildman–Crippen MR) is 66.2 cm³/mol. The first kappa shape index (κ1) is 15.1. The number of halogens is 4. The first-order valence-corrected chi connectivity index (χ1v) is 7.88. The molecule has 1 aliphatic rings. The number of nitrogens with zero attached hydrogens (tertiary/aromatic N) is 1. The molecule has 0 saturated carbocycles. The topological polar surface area (TPSA) is 54.5 Å². The number of rotatable bonds is 1. The molecule has 0 unspecified atom stereocenters. The van der Waals surface area contributed by atoms with Crippen LogP contribution in [0.2, 0.25) is 0 Å². The summed E-state index contributed by atoms with van der Waals surface area (Å²) in [6.45, 7) is -0.114. The van der Waals surface area contributed by atoms with Crippen molar-refractivity contribution in [1.82, 2.24) is 0 Å². The molecule has 0 fully saturated rings. The fourth-order valence-electron chi connectivity index (χ4n) is 2.19. The molecular weight excluding hydrogens is 319 g/mol. The smallest absolute Gasteiger partial charge is 0.304 e. The number of alkyl halides is 3. The highest BCUT2D eigenvalue weighted by molar-refractivity contribution is 8.13. The van der Waals surface area contributed by atoms with E-state index < -0.39 is 21.1 Å². The van der Waals surface area contributed by atoms with Gasteiger partial charge in [0.05, 0.1) is 4.90 Å². The Bertz CT molecular complexity index is 657. The van der Waals surface area contributed by atoms with Crippen LogP contribution in [0.1, 0.15) is 12.0 Å². The fraction of sp³-hybridized carbons (Fsp3) is 0.364. The summed E-state index contributed by atoms with van der Waals surface area (Å²) >= 11 is 0. The lowest BCUT2D eigenvalue weighted by Gasteiger charge is -2.30. The maximum Gasteiger partial charge on any atom is 0.471 e. The summed E-state index contributed by atoms with van der Waals surface area (Å²) in [5.41, 5.74) is 0.0895. The number of benzene rings is 1. The van der Waals surface area contributed by atoms with E-state index in [1.165, 1.54) is 18.2 Å². The molecule has 110 valence electrons. The minimum Gasteiger partial charge on any atom is -0.304 e. The molecule has 2 rings (SSSR count). The van der Waals surface area contributed by atoms with Gasteiger partial charge in [0, 0.05) is 22.9 Å². The van der Waals surface area contributed by atoms with Crippen molar-refractivity contribution in [2.75, 3.05) is 11.4 Å². The highest BCUT2D eigenvalue weighted by Crippen LogP contribution is 2.35. The Balaban J connectivity index is 2.56. The summed E-state index contributed by atoms with van der Waals surface area (Å²) in [6, 6.07) is 3.75. The van der Waals surface area contributed by atoms with Crippen molar-refractivity contribution >= 4 is 31.3 Å². The van der Waals surface area contributed by atoms with E-state index in [1.807, 2.05) is 0 Å². The molecule has 0 atom stereocenters. The van der Waals surface area contributed by atoms with Crippen LogP contribution >= 0.6 is 10.7 Å². The number of carbonyl (C=O) groups is 1. The molecule has 4 nitrogen and oxygen atoms in total. The molecule has 0 spiro atoms. The Labute approximate surface area is 117 Å². The lowest BCUT2D eigenvalue weighted by molar-refractivity contribution is -0.170. The molecule has 0 saturated heterocycles. The van der Waals surface area contributed by atoms with Crippen molar-refractivity contribution < 1.29 is 26.4 Å². The molecule has 1 aliphatic heterocycles. The molecule has 0 aromatic heterocycles. The molecule has 1 amide bonds. The fourth-order valence-corrected chi connectivity index (χ4v) is 3.36. The minimum absolute atomic E-state index is 0.0553. The normalized spacial score (nSPS) is 15.9. The lowest BCUT2D eigenvalue weighted by Crippen LogP contribution is -2.44. The van der Waals surface area contributed by atoms with Crippen molar-refractivity contribution in [2.45, 2.75) is 23.9 Å². The molecule has 0 N–H and O–H groups in total. The van der Waals surface area contributed by atoms with Crippen molar-refractivity contribution in [3.05, 3.63) is 23.8 Å². The summed E-state index contributed by atoms with van der Waals surface area (Å²) in [5, 5.41) is 0. The zero-order valence-electron chi connectivity index (χ0n) is 9.95. The first-order chi connectivity index (χ1) is 9.12. The van der Waals surface area contributed by atoms with Gasteiger partial charge in [-0.05, 0) is 30.5 Å². The second kappa shape index (κ2) is 4.92. The van der Waals surface area contributed by atoms with E-state index in [9.17, 15) is 26.4 Å². The maximum absolute atomic E-state index is 12.5. The van der Waals surface area contributed by atoms with Gasteiger partial charge in [-0.3, -0.25) is 4.79 Å². The van der Waals surface area contributed by atoms with Gasteiger partial charge in [0.15, 0.2) is 0 Å². The van der Waals surface area contributed by atoms with Gasteiger partial charge in [-0.25, -0.2) is 8.42 Å². The van der Waals surface area contributed by atoms with Crippen LogP contribution in [0.25, 0.3) is 0 Å². The van der Waals surface area contributed by atoms with Gasteiger partial charge < -0.3 is 4.90 Å². The van der Waals surface area contributed by atoms with Crippen molar-refractivity contribution in [2.24, 2.45) is 0 Å². The van der Waals surface area contributed by atoms with Crippen LogP contribution in [0.15, 0.2) is 23.1 Å². The number of amides is 1. The minimum atomic E-state index is -5.01. The Morgan fingerprint density at radius 3 is 2.50 bits per heavy atom. The number of anilines is 1. The van der Waals surface area contributed by atoms with Gasteiger partial charge >= 0.3 is 12.1 Å². The third kappa shape index (κ3) is 2.76. The van der Waals surface area contributed by atoms with E-state index in [-0.39, 0.29) is 35.5 Å². The van der Waals surface area contributed by atoms with Crippen LogP contribution in [0.4, 0.5) is 18.9 Å². The standard InChI is InChI=1S/C11H9ClF3NO3S/c12-20(18,19)9-5-1-4-8-7(9)3-2-6-16(8)10(17)11(13,14)15/h1,4-5H,2-3,6H2. The van der Waals surface area contributed by atoms with E-state index in [0.29, 0.717) is 4.90 Å².